The molecule has 0 bridgehead atoms. The highest BCUT2D eigenvalue weighted by Crippen LogP contribution is 2.34. The average Bonchev–Trinajstić information content (AvgIpc) is 2.84. The smallest absolute Gasteiger partial charge is 0.0607 e. The number of piperidine rings is 1. The number of aromatic nitrogens is 2. The van der Waals surface area contributed by atoms with Crippen LogP contribution < -0.4 is 10.6 Å². The second-order valence-electron chi connectivity index (χ2n) is 9.68. The molecule has 1 aliphatic carbocycles. The van der Waals surface area contributed by atoms with Gasteiger partial charge in [0.1, 0.15) is 0 Å². The van der Waals surface area contributed by atoms with Gasteiger partial charge in [0.25, 0.3) is 0 Å². The zero-order valence-electron chi connectivity index (χ0n) is 18.7. The standard InChI is InChI=1S/C26H37N5/c1-6-21-7-2-13-29-26(21)25(9-1)31(16-4-5-20-10-14-27-15-11-20)19-23-17-24-22(18-30-23)8-3-12-28-24/h2-3,7-8,12-13,20,23,25,27,30H,1,4-6,9-11,14-19H2/t23-,25+/m1/s1. The predicted molar refractivity (Wildman–Crippen MR) is 125 cm³/mol. The maximum absolute atomic E-state index is 4.87. The van der Waals surface area contributed by atoms with Gasteiger partial charge in [-0.2, -0.15) is 0 Å². The Bertz CT molecular complexity index is 847. The van der Waals surface area contributed by atoms with E-state index in [1.807, 2.05) is 12.4 Å². The number of aryl methyl sites for hydroxylation is 1. The summed E-state index contributed by atoms with van der Waals surface area (Å²) in [6, 6.07) is 9.59. The molecule has 1 fully saturated rings. The largest absolute Gasteiger partial charge is 0.317 e. The lowest BCUT2D eigenvalue weighted by Gasteiger charge is -2.38. The molecule has 3 aliphatic rings. The van der Waals surface area contributed by atoms with Crippen LogP contribution in [0.5, 0.6) is 0 Å². The number of nitrogens with zero attached hydrogens (tertiary/aromatic N) is 3. The fourth-order valence-corrected chi connectivity index (χ4v) is 5.86. The van der Waals surface area contributed by atoms with Crippen molar-refractivity contribution in [3.63, 3.8) is 0 Å². The minimum atomic E-state index is 0.463. The first kappa shape index (κ1) is 21.0. The van der Waals surface area contributed by atoms with E-state index < -0.39 is 0 Å². The van der Waals surface area contributed by atoms with Gasteiger partial charge in [-0.15, -0.1) is 0 Å². The van der Waals surface area contributed by atoms with Gasteiger partial charge in [0.2, 0.25) is 0 Å². The summed E-state index contributed by atoms with van der Waals surface area (Å²) in [6.07, 6.45) is 14.0. The first-order chi connectivity index (χ1) is 15.4. The summed E-state index contributed by atoms with van der Waals surface area (Å²) < 4.78 is 0. The molecule has 5 nitrogen and oxygen atoms in total. The molecule has 5 heteroatoms. The van der Waals surface area contributed by atoms with E-state index in [9.17, 15) is 0 Å². The summed E-state index contributed by atoms with van der Waals surface area (Å²) >= 11 is 0. The minimum absolute atomic E-state index is 0.463. The second kappa shape index (κ2) is 10.2. The van der Waals surface area contributed by atoms with E-state index in [0.717, 1.165) is 25.4 Å². The molecule has 0 amide bonds. The lowest BCUT2D eigenvalue weighted by molar-refractivity contribution is 0.146. The summed E-state index contributed by atoms with van der Waals surface area (Å²) in [5, 5.41) is 7.30. The van der Waals surface area contributed by atoms with Gasteiger partial charge < -0.3 is 10.6 Å². The Kier molecular flexibility index (Phi) is 6.92. The predicted octanol–water partition coefficient (Wildman–Crippen LogP) is 3.65. The average molecular weight is 420 g/mol. The van der Waals surface area contributed by atoms with Crippen molar-refractivity contribution in [2.45, 2.75) is 70.0 Å². The van der Waals surface area contributed by atoms with Gasteiger partial charge in [-0.25, -0.2) is 0 Å². The molecule has 5 rings (SSSR count). The van der Waals surface area contributed by atoms with Crippen LogP contribution in [-0.2, 0) is 19.4 Å². The van der Waals surface area contributed by atoms with Crippen LogP contribution >= 0.6 is 0 Å². The van der Waals surface area contributed by atoms with E-state index in [-0.39, 0.29) is 0 Å². The van der Waals surface area contributed by atoms with Crippen LogP contribution in [0.3, 0.4) is 0 Å². The van der Waals surface area contributed by atoms with Crippen molar-refractivity contribution in [1.29, 1.82) is 0 Å². The highest BCUT2D eigenvalue weighted by atomic mass is 15.2. The van der Waals surface area contributed by atoms with Crippen LogP contribution in [0.1, 0.15) is 67.1 Å². The number of nitrogens with one attached hydrogen (secondary N) is 2. The molecule has 31 heavy (non-hydrogen) atoms. The molecule has 0 radical (unpaired) electrons. The zero-order valence-corrected chi connectivity index (χ0v) is 18.7. The Labute approximate surface area is 187 Å². The molecule has 0 spiro atoms. The molecule has 4 heterocycles. The Hall–Kier alpha value is -1.82. The molecule has 0 aromatic carbocycles. The molecule has 2 atom stereocenters. The maximum Gasteiger partial charge on any atom is 0.0607 e. The van der Waals surface area contributed by atoms with Crippen molar-refractivity contribution in [2.75, 3.05) is 26.2 Å². The Morgan fingerprint density at radius 3 is 2.74 bits per heavy atom. The SMILES string of the molecule is c1cnc2c(c1)CN[C@@H](CN(CCCC1CCNCC1)[C@H]1CCCc3cccnc31)C2. The van der Waals surface area contributed by atoms with Gasteiger partial charge in [-0.05, 0) is 93.8 Å². The van der Waals surface area contributed by atoms with E-state index >= 15 is 0 Å². The van der Waals surface area contributed by atoms with E-state index in [2.05, 4.69) is 44.8 Å². The van der Waals surface area contributed by atoms with Gasteiger partial charge in [0, 0.05) is 43.6 Å². The van der Waals surface area contributed by atoms with Crippen molar-refractivity contribution in [3.8, 4) is 0 Å². The molecule has 1 saturated heterocycles. The van der Waals surface area contributed by atoms with E-state index in [1.54, 1.807) is 0 Å². The van der Waals surface area contributed by atoms with Crippen molar-refractivity contribution in [2.24, 2.45) is 5.92 Å². The van der Waals surface area contributed by atoms with Crippen LogP contribution in [-0.4, -0.2) is 47.1 Å². The number of fused-ring (bicyclic) bond motifs is 2. The number of hydrogen-bond donors (Lipinski definition) is 2. The first-order valence-corrected chi connectivity index (χ1v) is 12.4. The van der Waals surface area contributed by atoms with Crippen LogP contribution in [0.15, 0.2) is 36.7 Å². The Balaban J connectivity index is 1.28. The molecule has 2 aromatic heterocycles. The lowest BCUT2D eigenvalue weighted by Crippen LogP contribution is -2.47. The third kappa shape index (κ3) is 5.16. The first-order valence-electron chi connectivity index (χ1n) is 12.4. The van der Waals surface area contributed by atoms with E-state index in [4.69, 9.17) is 4.98 Å². The van der Waals surface area contributed by atoms with Crippen LogP contribution in [0.4, 0.5) is 0 Å². The summed E-state index contributed by atoms with van der Waals surface area (Å²) in [5.74, 6) is 0.906. The molecule has 0 unspecified atom stereocenters. The van der Waals surface area contributed by atoms with Gasteiger partial charge >= 0.3 is 0 Å². The highest BCUT2D eigenvalue weighted by Gasteiger charge is 2.30. The summed E-state index contributed by atoms with van der Waals surface area (Å²) in [4.78, 5) is 12.3. The Morgan fingerprint density at radius 1 is 1.00 bits per heavy atom. The fourth-order valence-electron chi connectivity index (χ4n) is 5.86. The van der Waals surface area contributed by atoms with Gasteiger partial charge in [0.05, 0.1) is 11.7 Å². The van der Waals surface area contributed by atoms with Gasteiger partial charge in [-0.3, -0.25) is 14.9 Å². The molecule has 2 aromatic rings. The van der Waals surface area contributed by atoms with Crippen LogP contribution in [0, 0.1) is 5.92 Å². The monoisotopic (exact) mass is 419 g/mol. The highest BCUT2D eigenvalue weighted by molar-refractivity contribution is 5.26. The zero-order chi connectivity index (χ0) is 20.9. The van der Waals surface area contributed by atoms with E-state index in [1.165, 1.54) is 87.1 Å². The van der Waals surface area contributed by atoms with E-state index in [0.29, 0.717) is 12.1 Å². The number of pyridine rings is 2. The van der Waals surface area contributed by atoms with Gasteiger partial charge in [0.15, 0.2) is 0 Å². The molecule has 166 valence electrons. The summed E-state index contributed by atoms with van der Waals surface area (Å²) in [5.41, 5.74) is 5.44. The van der Waals surface area contributed by atoms with Gasteiger partial charge in [-0.1, -0.05) is 12.1 Å². The van der Waals surface area contributed by atoms with Crippen molar-refractivity contribution < 1.29 is 0 Å². The lowest BCUT2D eigenvalue weighted by atomic mass is 9.89. The number of hydrogen-bond acceptors (Lipinski definition) is 5. The fraction of sp³-hybridized carbons (Fsp3) is 0.615. The number of rotatable bonds is 7. The quantitative estimate of drug-likeness (QED) is 0.717. The summed E-state index contributed by atoms with van der Waals surface area (Å²) in [6.45, 7) is 5.61. The maximum atomic E-state index is 4.87. The summed E-state index contributed by atoms with van der Waals surface area (Å²) in [7, 11) is 0. The molecular weight excluding hydrogens is 382 g/mol. The van der Waals surface area contributed by atoms with Crippen LogP contribution in [0.25, 0.3) is 0 Å². The topological polar surface area (TPSA) is 53.1 Å². The molecular formula is C26H37N5. The van der Waals surface area contributed by atoms with Crippen LogP contribution in [0.2, 0.25) is 0 Å². The van der Waals surface area contributed by atoms with Crippen molar-refractivity contribution in [1.82, 2.24) is 25.5 Å². The van der Waals surface area contributed by atoms with Crippen molar-refractivity contribution >= 4 is 0 Å². The Morgan fingerprint density at radius 2 is 1.84 bits per heavy atom. The second-order valence-corrected chi connectivity index (χ2v) is 9.68. The third-order valence-electron chi connectivity index (χ3n) is 7.58. The minimum Gasteiger partial charge on any atom is -0.317 e. The molecule has 2 N–H and O–H groups in total. The normalized spacial score (nSPS) is 24.0. The van der Waals surface area contributed by atoms with Crippen molar-refractivity contribution in [3.05, 3.63) is 59.2 Å². The molecule has 2 aliphatic heterocycles. The molecule has 0 saturated carbocycles. The third-order valence-corrected chi connectivity index (χ3v) is 7.58.